The molecular weight excluding hydrogens is 584 g/mol. The molecule has 0 radical (unpaired) electrons. The molecule has 2 saturated carbocycles. The van der Waals surface area contributed by atoms with Crippen molar-refractivity contribution in [3.8, 4) is 17.3 Å². The maximum absolute atomic E-state index is 13.8. The smallest absolute Gasteiger partial charge is 0.328 e. The van der Waals surface area contributed by atoms with Gasteiger partial charge in [0.25, 0.3) is 11.8 Å². The molecule has 0 spiro atoms. The molecule has 11 heteroatoms. The first kappa shape index (κ1) is 30.9. The highest BCUT2D eigenvalue weighted by molar-refractivity contribution is 6.05. The van der Waals surface area contributed by atoms with E-state index in [1.807, 2.05) is 49.6 Å². The number of nitrogens with one attached hydrogen (secondary N) is 2. The second-order valence-corrected chi connectivity index (χ2v) is 12.0. The van der Waals surface area contributed by atoms with Crippen molar-refractivity contribution in [2.24, 2.45) is 7.05 Å². The van der Waals surface area contributed by atoms with Gasteiger partial charge in [0.05, 0.1) is 24.2 Å². The molecule has 2 aliphatic carbocycles. The van der Waals surface area contributed by atoms with Crippen molar-refractivity contribution < 1.29 is 24.2 Å². The highest BCUT2D eigenvalue weighted by atomic mass is 16.5. The van der Waals surface area contributed by atoms with Crippen molar-refractivity contribution in [1.82, 2.24) is 24.8 Å². The maximum atomic E-state index is 13.8. The molecule has 2 fully saturated rings. The van der Waals surface area contributed by atoms with Gasteiger partial charge in [-0.3, -0.25) is 14.6 Å². The molecule has 0 saturated heterocycles. The van der Waals surface area contributed by atoms with E-state index in [4.69, 9.17) is 9.84 Å². The van der Waals surface area contributed by atoms with Crippen LogP contribution in [0, 0.1) is 0 Å². The number of carbonyl (C=O) groups excluding carboxylic acids is 2. The summed E-state index contributed by atoms with van der Waals surface area (Å²) in [6.45, 7) is 2.04. The Kier molecular flexibility index (Phi) is 8.83. The fourth-order valence-electron chi connectivity index (χ4n) is 6.91. The van der Waals surface area contributed by atoms with Gasteiger partial charge in [-0.15, -0.1) is 0 Å². The normalized spacial score (nSPS) is 16.2. The molecule has 0 unspecified atom stereocenters. The lowest BCUT2D eigenvalue weighted by molar-refractivity contribution is -0.131. The largest absolute Gasteiger partial charge is 0.478 e. The minimum Gasteiger partial charge on any atom is -0.478 e. The van der Waals surface area contributed by atoms with Crippen molar-refractivity contribution in [3.63, 3.8) is 0 Å². The fourth-order valence-corrected chi connectivity index (χ4v) is 6.91. The summed E-state index contributed by atoms with van der Waals surface area (Å²) in [6, 6.07) is 11.7. The number of rotatable bonds is 10. The van der Waals surface area contributed by atoms with Gasteiger partial charge in [0.2, 0.25) is 5.88 Å². The van der Waals surface area contributed by atoms with E-state index in [0.29, 0.717) is 24.3 Å². The number of ether oxygens (including phenoxy) is 1. The Labute approximate surface area is 267 Å². The summed E-state index contributed by atoms with van der Waals surface area (Å²) in [6.07, 6.45) is 12.6. The molecule has 3 N–H and O–H groups in total. The number of anilines is 1. The number of aliphatic carboxylic acids is 1. The molecule has 0 aliphatic heterocycles. The van der Waals surface area contributed by atoms with Crippen molar-refractivity contribution in [3.05, 3.63) is 71.7 Å². The number of benzene rings is 1. The molecule has 238 valence electrons. The van der Waals surface area contributed by atoms with E-state index in [2.05, 4.69) is 30.2 Å². The predicted molar refractivity (Wildman–Crippen MR) is 175 cm³/mol. The minimum absolute atomic E-state index is 0.0974. The summed E-state index contributed by atoms with van der Waals surface area (Å²) < 4.78 is 7.68. The predicted octanol–water partition coefficient (Wildman–Crippen LogP) is 5.87. The standard InChI is InChI=1S/C35H38N6O5/c1-3-46-33-26(15-16-29(42)43)37-21-28(38-33)39-34(45)35(17-7-8-18-35)40-32(44)23-13-14-24-27(20-23)41(2)31(25-12-6-9-19-36-25)30(24)22-10-4-5-11-22/h6,9,12-16,19-22H,3-5,7-8,10-11,17-18H2,1-2H3,(H,40,44)(H,42,43)(H,38,39,45)/b16-15+. The van der Waals surface area contributed by atoms with Gasteiger partial charge in [0, 0.05) is 35.8 Å². The average molecular weight is 623 g/mol. The van der Waals surface area contributed by atoms with E-state index in [9.17, 15) is 14.4 Å². The van der Waals surface area contributed by atoms with Gasteiger partial charge in [0.15, 0.2) is 5.82 Å². The minimum atomic E-state index is -1.13. The molecule has 46 heavy (non-hydrogen) atoms. The lowest BCUT2D eigenvalue weighted by Crippen LogP contribution is -2.55. The van der Waals surface area contributed by atoms with Gasteiger partial charge in [0.1, 0.15) is 11.2 Å². The molecule has 3 heterocycles. The van der Waals surface area contributed by atoms with Crippen molar-refractivity contribution in [2.45, 2.75) is 69.7 Å². The summed E-state index contributed by atoms with van der Waals surface area (Å²) >= 11 is 0. The van der Waals surface area contributed by atoms with Crippen LogP contribution >= 0.6 is 0 Å². The van der Waals surface area contributed by atoms with Gasteiger partial charge >= 0.3 is 5.97 Å². The number of fused-ring (bicyclic) bond motifs is 1. The number of aryl methyl sites for hydroxylation is 1. The van der Waals surface area contributed by atoms with Gasteiger partial charge in [-0.05, 0) is 74.4 Å². The second kappa shape index (κ2) is 13.1. The highest BCUT2D eigenvalue weighted by Gasteiger charge is 2.43. The topological polar surface area (TPSA) is 148 Å². The Bertz CT molecular complexity index is 1800. The SMILES string of the molecule is CCOc1nc(NC(=O)C2(NC(=O)c3ccc4c(C5CCCC5)c(-c5ccccn5)n(C)c4c3)CCCC2)cnc1/C=C/C(=O)O. The monoisotopic (exact) mass is 622 g/mol. The molecular formula is C35H38N6O5. The Morgan fingerprint density at radius 2 is 1.87 bits per heavy atom. The van der Waals surface area contributed by atoms with Crippen LogP contribution in [-0.4, -0.2) is 54.6 Å². The zero-order chi connectivity index (χ0) is 32.3. The first-order valence-electron chi connectivity index (χ1n) is 15.9. The second-order valence-electron chi connectivity index (χ2n) is 12.0. The molecule has 4 aromatic rings. The van der Waals surface area contributed by atoms with Crippen LogP contribution in [0.1, 0.15) is 85.8 Å². The number of nitrogens with zero attached hydrogens (tertiary/aromatic N) is 4. The average Bonchev–Trinajstić information content (AvgIpc) is 3.82. The summed E-state index contributed by atoms with van der Waals surface area (Å²) in [4.78, 5) is 51.8. The van der Waals surface area contributed by atoms with Gasteiger partial charge in [-0.25, -0.2) is 9.78 Å². The van der Waals surface area contributed by atoms with Crippen molar-refractivity contribution >= 4 is 40.6 Å². The number of amides is 2. The fraction of sp³-hybridized carbons (Fsp3) is 0.371. The molecule has 2 amide bonds. The van der Waals surface area contributed by atoms with Gasteiger partial charge in [-0.2, -0.15) is 4.98 Å². The third-order valence-electron chi connectivity index (χ3n) is 9.09. The number of aromatic nitrogens is 4. The number of pyridine rings is 1. The molecule has 11 nitrogen and oxygen atoms in total. The van der Waals surface area contributed by atoms with Crippen LogP contribution in [0.3, 0.4) is 0 Å². The summed E-state index contributed by atoms with van der Waals surface area (Å²) in [5.41, 5.74) is 3.83. The van der Waals surface area contributed by atoms with Crippen molar-refractivity contribution in [1.29, 1.82) is 0 Å². The zero-order valence-electron chi connectivity index (χ0n) is 26.1. The third-order valence-corrected chi connectivity index (χ3v) is 9.09. The molecule has 2 aliphatic rings. The van der Waals surface area contributed by atoms with Crippen molar-refractivity contribution in [2.75, 3.05) is 11.9 Å². The van der Waals surface area contributed by atoms with E-state index < -0.39 is 11.5 Å². The molecule has 6 rings (SSSR count). The van der Waals surface area contributed by atoms with E-state index in [0.717, 1.165) is 54.1 Å². The van der Waals surface area contributed by atoms with E-state index in [1.54, 1.807) is 6.92 Å². The lowest BCUT2D eigenvalue weighted by atomic mass is 9.92. The maximum Gasteiger partial charge on any atom is 0.328 e. The molecule has 0 atom stereocenters. The Morgan fingerprint density at radius 1 is 1.09 bits per heavy atom. The van der Waals surface area contributed by atoms with E-state index in [-0.39, 0.29) is 35.8 Å². The van der Waals surface area contributed by atoms with Crippen LogP contribution < -0.4 is 15.4 Å². The van der Waals surface area contributed by atoms with Crippen LogP contribution in [0.5, 0.6) is 5.88 Å². The number of carboxylic acid groups (broad SMARTS) is 1. The van der Waals surface area contributed by atoms with E-state index in [1.165, 1.54) is 30.7 Å². The summed E-state index contributed by atoms with van der Waals surface area (Å²) in [5, 5.41) is 16.0. The van der Waals surface area contributed by atoms with Crippen LogP contribution in [-0.2, 0) is 16.6 Å². The quantitative estimate of drug-likeness (QED) is 0.186. The highest BCUT2D eigenvalue weighted by Crippen LogP contribution is 2.44. The number of carbonyl (C=O) groups is 3. The number of carboxylic acids is 1. The first-order chi connectivity index (χ1) is 22.3. The lowest BCUT2D eigenvalue weighted by Gasteiger charge is -2.29. The van der Waals surface area contributed by atoms with Crippen LogP contribution in [0.15, 0.2) is 54.9 Å². The third kappa shape index (κ3) is 6.09. The summed E-state index contributed by atoms with van der Waals surface area (Å²) in [5.74, 6) is -1.15. The van der Waals surface area contributed by atoms with Crippen LogP contribution in [0.25, 0.3) is 28.4 Å². The molecule has 1 aromatic carbocycles. The summed E-state index contributed by atoms with van der Waals surface area (Å²) in [7, 11) is 2.03. The first-order valence-corrected chi connectivity index (χ1v) is 15.9. The van der Waals surface area contributed by atoms with Gasteiger partial charge in [-0.1, -0.05) is 37.8 Å². The molecule has 0 bridgehead atoms. The Hall–Kier alpha value is -5.06. The Balaban J connectivity index is 1.28. The molecule has 3 aromatic heterocycles. The van der Waals surface area contributed by atoms with Gasteiger partial charge < -0.3 is 25.0 Å². The van der Waals surface area contributed by atoms with Crippen LogP contribution in [0.4, 0.5) is 5.82 Å². The van der Waals surface area contributed by atoms with E-state index >= 15 is 0 Å². The number of hydrogen-bond donors (Lipinski definition) is 3. The Morgan fingerprint density at radius 3 is 2.57 bits per heavy atom. The van der Waals surface area contributed by atoms with Crippen LogP contribution in [0.2, 0.25) is 0 Å². The zero-order valence-corrected chi connectivity index (χ0v) is 26.1. The number of hydrogen-bond acceptors (Lipinski definition) is 7.